The van der Waals surface area contributed by atoms with E-state index in [-0.39, 0.29) is 24.4 Å². The van der Waals surface area contributed by atoms with Crippen LogP contribution in [0.15, 0.2) is 24.4 Å². The maximum absolute atomic E-state index is 9.05. The van der Waals surface area contributed by atoms with Gasteiger partial charge in [-0.2, -0.15) is 0 Å². The van der Waals surface area contributed by atoms with Gasteiger partial charge < -0.3 is 10.8 Å². The fourth-order valence-corrected chi connectivity index (χ4v) is 1.76. The highest BCUT2D eigenvalue weighted by Gasteiger charge is 2.15. The van der Waals surface area contributed by atoms with Gasteiger partial charge >= 0.3 is 0 Å². The van der Waals surface area contributed by atoms with Crippen LogP contribution in [0.2, 0.25) is 0 Å². The SMILES string of the molecule is CC(C)(C)c1ccc2ncc([C@H](N)CO)nc2c1.Cl. The molecule has 1 aromatic carbocycles. The molecule has 0 saturated heterocycles. The summed E-state index contributed by atoms with van der Waals surface area (Å²) in [5, 5.41) is 9.05. The summed E-state index contributed by atoms with van der Waals surface area (Å²) in [5.41, 5.74) is 9.33. The van der Waals surface area contributed by atoms with Gasteiger partial charge in [0.25, 0.3) is 0 Å². The number of aromatic nitrogens is 2. The Bertz CT molecular complexity index is 566. The number of nitrogens with two attached hydrogens (primary N) is 1. The smallest absolute Gasteiger partial charge is 0.0893 e. The highest BCUT2D eigenvalue weighted by molar-refractivity contribution is 5.85. The molecule has 4 nitrogen and oxygen atoms in total. The van der Waals surface area contributed by atoms with Gasteiger partial charge in [-0.05, 0) is 23.1 Å². The Morgan fingerprint density at radius 1 is 1.26 bits per heavy atom. The van der Waals surface area contributed by atoms with E-state index < -0.39 is 6.04 Å². The molecule has 1 aromatic heterocycles. The minimum Gasteiger partial charge on any atom is -0.394 e. The molecule has 0 saturated carbocycles. The quantitative estimate of drug-likeness (QED) is 0.886. The van der Waals surface area contributed by atoms with Gasteiger partial charge in [0.1, 0.15) is 0 Å². The Balaban J connectivity index is 0.00000180. The summed E-state index contributed by atoms with van der Waals surface area (Å²) in [6.45, 7) is 6.35. The molecule has 5 heteroatoms. The Hall–Kier alpha value is -1.23. The van der Waals surface area contributed by atoms with E-state index in [1.165, 1.54) is 5.56 Å². The van der Waals surface area contributed by atoms with Crippen molar-refractivity contribution in [3.63, 3.8) is 0 Å². The summed E-state index contributed by atoms with van der Waals surface area (Å²) in [6.07, 6.45) is 1.62. The molecule has 2 aromatic rings. The first-order valence-electron chi connectivity index (χ1n) is 6.05. The van der Waals surface area contributed by atoms with Gasteiger partial charge in [0.2, 0.25) is 0 Å². The normalized spacial score (nSPS) is 13.1. The number of halogens is 1. The molecule has 0 fully saturated rings. The van der Waals surface area contributed by atoms with Crippen LogP contribution in [0.3, 0.4) is 0 Å². The van der Waals surface area contributed by atoms with E-state index in [9.17, 15) is 0 Å². The third kappa shape index (κ3) is 3.41. The molecule has 0 radical (unpaired) electrons. The van der Waals surface area contributed by atoms with Crippen molar-refractivity contribution in [3.8, 4) is 0 Å². The number of nitrogens with zero attached hydrogens (tertiary/aromatic N) is 2. The van der Waals surface area contributed by atoms with Crippen LogP contribution in [0, 0.1) is 0 Å². The van der Waals surface area contributed by atoms with Crippen LogP contribution in [0.1, 0.15) is 38.1 Å². The zero-order valence-electron chi connectivity index (χ0n) is 11.4. The highest BCUT2D eigenvalue weighted by Crippen LogP contribution is 2.25. The first kappa shape index (κ1) is 15.8. The van der Waals surface area contributed by atoms with Crippen LogP contribution in [-0.4, -0.2) is 21.7 Å². The fraction of sp³-hybridized carbons (Fsp3) is 0.429. The van der Waals surface area contributed by atoms with Crippen molar-refractivity contribution in [2.75, 3.05) is 6.61 Å². The number of fused-ring (bicyclic) bond motifs is 1. The lowest BCUT2D eigenvalue weighted by Crippen LogP contribution is -2.16. The van der Waals surface area contributed by atoms with Crippen LogP contribution >= 0.6 is 12.4 Å². The van der Waals surface area contributed by atoms with Crippen LogP contribution in [0.25, 0.3) is 11.0 Å². The lowest BCUT2D eigenvalue weighted by atomic mass is 9.87. The van der Waals surface area contributed by atoms with Crippen molar-refractivity contribution in [2.24, 2.45) is 5.73 Å². The lowest BCUT2D eigenvalue weighted by Gasteiger charge is -2.19. The van der Waals surface area contributed by atoms with Gasteiger partial charge in [-0.3, -0.25) is 4.98 Å². The van der Waals surface area contributed by atoms with Crippen molar-refractivity contribution in [3.05, 3.63) is 35.7 Å². The maximum atomic E-state index is 9.05. The van der Waals surface area contributed by atoms with Crippen molar-refractivity contribution >= 4 is 23.4 Å². The summed E-state index contributed by atoms with van der Waals surface area (Å²) in [7, 11) is 0. The summed E-state index contributed by atoms with van der Waals surface area (Å²) in [4.78, 5) is 8.79. The zero-order chi connectivity index (χ0) is 13.3. The van der Waals surface area contributed by atoms with E-state index in [4.69, 9.17) is 10.8 Å². The standard InChI is InChI=1S/C14H19N3O.ClH/c1-14(2,3)9-4-5-11-12(6-9)17-13(7-16-11)10(15)8-18;/h4-7,10,18H,8,15H2,1-3H3;1H/t10-;/m1./s1. The summed E-state index contributed by atoms with van der Waals surface area (Å²) < 4.78 is 0. The summed E-state index contributed by atoms with van der Waals surface area (Å²) in [5.74, 6) is 0. The van der Waals surface area contributed by atoms with Crippen LogP contribution in [-0.2, 0) is 5.41 Å². The molecular weight excluding hydrogens is 262 g/mol. The number of benzene rings is 1. The number of rotatable bonds is 2. The van der Waals surface area contributed by atoms with Gasteiger partial charge in [0.15, 0.2) is 0 Å². The molecule has 0 amide bonds. The van der Waals surface area contributed by atoms with Crippen molar-refractivity contribution in [1.29, 1.82) is 0 Å². The van der Waals surface area contributed by atoms with Crippen molar-refractivity contribution in [1.82, 2.24) is 9.97 Å². The second kappa shape index (κ2) is 5.82. The van der Waals surface area contributed by atoms with Gasteiger partial charge in [-0.1, -0.05) is 26.8 Å². The number of hydrogen-bond donors (Lipinski definition) is 2. The van der Waals surface area contributed by atoms with Gasteiger partial charge in [-0.15, -0.1) is 12.4 Å². The lowest BCUT2D eigenvalue weighted by molar-refractivity contribution is 0.266. The van der Waals surface area contributed by atoms with Gasteiger partial charge in [0.05, 0.1) is 35.6 Å². The van der Waals surface area contributed by atoms with E-state index in [0.717, 1.165) is 11.0 Å². The molecule has 3 N–H and O–H groups in total. The molecule has 1 heterocycles. The Kier molecular flexibility index (Phi) is 4.85. The monoisotopic (exact) mass is 281 g/mol. The molecule has 0 bridgehead atoms. The Morgan fingerprint density at radius 3 is 2.53 bits per heavy atom. The Labute approximate surface area is 119 Å². The van der Waals surface area contributed by atoms with E-state index >= 15 is 0 Å². The molecule has 19 heavy (non-hydrogen) atoms. The predicted octanol–water partition coefficient (Wildman–Crippen LogP) is 2.34. The minimum absolute atomic E-state index is 0. The first-order chi connectivity index (χ1) is 8.41. The van der Waals surface area contributed by atoms with Crippen LogP contribution in [0.4, 0.5) is 0 Å². The molecule has 0 aliphatic heterocycles. The molecule has 0 aliphatic rings. The van der Waals surface area contributed by atoms with Crippen molar-refractivity contribution in [2.45, 2.75) is 32.2 Å². The number of hydrogen-bond acceptors (Lipinski definition) is 4. The first-order valence-corrected chi connectivity index (χ1v) is 6.05. The van der Waals surface area contributed by atoms with E-state index in [1.54, 1.807) is 6.20 Å². The van der Waals surface area contributed by atoms with Gasteiger partial charge in [-0.25, -0.2) is 4.98 Å². The molecule has 0 unspecified atom stereocenters. The molecule has 2 rings (SSSR count). The molecule has 0 aliphatic carbocycles. The third-order valence-corrected chi connectivity index (χ3v) is 3.00. The van der Waals surface area contributed by atoms with E-state index in [1.807, 2.05) is 12.1 Å². The number of aliphatic hydroxyl groups is 1. The largest absolute Gasteiger partial charge is 0.394 e. The average molecular weight is 282 g/mol. The fourth-order valence-electron chi connectivity index (χ4n) is 1.76. The molecule has 104 valence electrons. The van der Waals surface area contributed by atoms with Gasteiger partial charge in [0, 0.05) is 0 Å². The second-order valence-electron chi connectivity index (χ2n) is 5.54. The van der Waals surface area contributed by atoms with E-state index in [0.29, 0.717) is 5.69 Å². The maximum Gasteiger partial charge on any atom is 0.0893 e. The molecular formula is C14H20ClN3O. The average Bonchev–Trinajstić information content (AvgIpc) is 2.35. The molecule has 0 spiro atoms. The summed E-state index contributed by atoms with van der Waals surface area (Å²) >= 11 is 0. The van der Waals surface area contributed by atoms with Crippen LogP contribution < -0.4 is 5.73 Å². The highest BCUT2D eigenvalue weighted by atomic mass is 35.5. The predicted molar refractivity (Wildman–Crippen MR) is 79.5 cm³/mol. The van der Waals surface area contributed by atoms with E-state index in [2.05, 4.69) is 36.8 Å². The molecule has 1 atom stereocenters. The topological polar surface area (TPSA) is 72.0 Å². The summed E-state index contributed by atoms with van der Waals surface area (Å²) in [6, 6.07) is 5.61. The van der Waals surface area contributed by atoms with Crippen molar-refractivity contribution < 1.29 is 5.11 Å². The third-order valence-electron chi connectivity index (χ3n) is 3.00. The minimum atomic E-state index is -0.472. The zero-order valence-corrected chi connectivity index (χ0v) is 12.2. The number of aliphatic hydroxyl groups excluding tert-OH is 1. The second-order valence-corrected chi connectivity index (χ2v) is 5.54. The van der Waals surface area contributed by atoms with Crippen LogP contribution in [0.5, 0.6) is 0 Å². The Morgan fingerprint density at radius 2 is 1.95 bits per heavy atom.